The number of aromatic nitrogens is 1. The predicted molar refractivity (Wildman–Crippen MR) is 136 cm³/mol. The first-order valence-corrected chi connectivity index (χ1v) is 14.0. The van der Waals surface area contributed by atoms with Crippen LogP contribution in [0.1, 0.15) is 32.6 Å². The van der Waals surface area contributed by atoms with Crippen LogP contribution in [0.25, 0.3) is 0 Å². The summed E-state index contributed by atoms with van der Waals surface area (Å²) in [5, 5.41) is 16.5. The van der Waals surface area contributed by atoms with Crippen molar-refractivity contribution in [2.24, 2.45) is 10.4 Å². The van der Waals surface area contributed by atoms with Crippen molar-refractivity contribution in [2.45, 2.75) is 56.8 Å². The van der Waals surface area contributed by atoms with E-state index in [1.807, 2.05) is 6.20 Å². The van der Waals surface area contributed by atoms with Crippen LogP contribution in [0.3, 0.4) is 0 Å². The number of ether oxygens (including phenoxy) is 1. The Hall–Kier alpha value is -3.38. The molecule has 174 valence electrons. The SMILES string of the molecule is C[C@H]1N2N=NN1C1CCCCC1N1c3ncccc3N3c4cccc5c4P(c4c(cccc42)O5)[C@H]31. The van der Waals surface area contributed by atoms with Crippen molar-refractivity contribution >= 4 is 41.4 Å². The average molecular weight is 482 g/mol. The Morgan fingerprint density at radius 1 is 0.857 bits per heavy atom. The molecule has 0 saturated heterocycles. The lowest BCUT2D eigenvalue weighted by Gasteiger charge is -2.47. The molecule has 9 rings (SSSR count). The van der Waals surface area contributed by atoms with E-state index in [2.05, 4.69) is 75.3 Å². The maximum atomic E-state index is 6.59. The van der Waals surface area contributed by atoms with Crippen molar-refractivity contribution < 1.29 is 4.74 Å². The van der Waals surface area contributed by atoms with Gasteiger partial charge in [0.25, 0.3) is 0 Å². The molecule has 0 radical (unpaired) electrons. The number of benzene rings is 2. The maximum Gasteiger partial charge on any atom is 0.154 e. The highest BCUT2D eigenvalue weighted by Crippen LogP contribution is 2.66. The zero-order valence-corrected chi connectivity index (χ0v) is 20.2. The molecule has 3 aromatic rings. The molecule has 2 bridgehead atoms. The topological polar surface area (TPSA) is 59.8 Å². The molecule has 9 heteroatoms. The summed E-state index contributed by atoms with van der Waals surface area (Å²) in [5.74, 6) is 3.23. The molecule has 5 atom stereocenters. The minimum atomic E-state index is -0.779. The standard InChI is InChI=1S/C26H24N7OP/c1-15-32-17-8-3-2-7-16(17)31-25-20(11-6-14-27-25)30-18-9-4-12-21-23(18)35(26(30)31)24-19(33(15)29-28-32)10-5-13-22(24)34-21/h4-6,9-17,26H,2-3,7-8H2,1H3/t15-,16?,17?,26-,35?/m1/s1. The molecule has 1 aromatic heterocycles. The van der Waals surface area contributed by atoms with Gasteiger partial charge in [0.15, 0.2) is 5.82 Å². The summed E-state index contributed by atoms with van der Waals surface area (Å²) in [6.45, 7) is 2.23. The number of rotatable bonds is 0. The van der Waals surface area contributed by atoms with Crippen LogP contribution < -0.4 is 30.2 Å². The number of hydrogen-bond acceptors (Lipinski definition) is 8. The fourth-order valence-electron chi connectivity index (χ4n) is 7.14. The van der Waals surface area contributed by atoms with Crippen molar-refractivity contribution in [2.75, 3.05) is 14.8 Å². The van der Waals surface area contributed by atoms with E-state index in [0.717, 1.165) is 35.8 Å². The summed E-state index contributed by atoms with van der Waals surface area (Å²) in [4.78, 5) is 10.2. The van der Waals surface area contributed by atoms with E-state index in [1.165, 1.54) is 34.8 Å². The molecule has 6 aliphatic rings. The monoisotopic (exact) mass is 481 g/mol. The molecule has 5 aliphatic heterocycles. The lowest BCUT2D eigenvalue weighted by Crippen LogP contribution is -2.59. The quantitative estimate of drug-likeness (QED) is 0.424. The van der Waals surface area contributed by atoms with Gasteiger partial charge in [0.1, 0.15) is 23.6 Å². The third-order valence-electron chi connectivity index (χ3n) is 8.51. The van der Waals surface area contributed by atoms with Gasteiger partial charge >= 0.3 is 0 Å². The van der Waals surface area contributed by atoms with E-state index in [1.54, 1.807) is 0 Å². The Morgan fingerprint density at radius 3 is 2.46 bits per heavy atom. The van der Waals surface area contributed by atoms with Gasteiger partial charge < -0.3 is 14.5 Å². The number of pyridine rings is 1. The molecular formula is C26H24N7OP. The number of hydrogen-bond donors (Lipinski definition) is 0. The number of anilines is 4. The predicted octanol–water partition coefficient (Wildman–Crippen LogP) is 4.95. The zero-order chi connectivity index (χ0) is 22.8. The van der Waals surface area contributed by atoms with Crippen LogP contribution in [-0.4, -0.2) is 34.1 Å². The molecule has 6 heterocycles. The summed E-state index contributed by atoms with van der Waals surface area (Å²) in [6.07, 6.45) is 6.73. The Balaban J connectivity index is 1.40. The van der Waals surface area contributed by atoms with Crippen LogP contribution in [0.4, 0.5) is 22.9 Å². The van der Waals surface area contributed by atoms with Gasteiger partial charge in [-0.1, -0.05) is 30.2 Å². The minimum absolute atomic E-state index is 0.0554. The highest BCUT2D eigenvalue weighted by molar-refractivity contribution is 7.75. The van der Waals surface area contributed by atoms with Crippen LogP contribution in [0.5, 0.6) is 11.5 Å². The minimum Gasteiger partial charge on any atom is -0.456 e. The summed E-state index contributed by atoms with van der Waals surface area (Å²) in [6, 6.07) is 17.9. The highest BCUT2D eigenvalue weighted by Gasteiger charge is 2.58. The van der Waals surface area contributed by atoms with Gasteiger partial charge in [0.2, 0.25) is 0 Å². The first-order chi connectivity index (χ1) is 17.3. The van der Waals surface area contributed by atoms with Gasteiger partial charge in [0, 0.05) is 14.1 Å². The fourth-order valence-corrected chi connectivity index (χ4v) is 10.4. The van der Waals surface area contributed by atoms with Crippen LogP contribution >= 0.6 is 7.92 Å². The summed E-state index contributed by atoms with van der Waals surface area (Å²) < 4.78 is 6.59. The molecule has 3 unspecified atom stereocenters. The Morgan fingerprint density at radius 2 is 1.60 bits per heavy atom. The summed E-state index contributed by atoms with van der Waals surface area (Å²) in [7, 11) is -0.779. The highest BCUT2D eigenvalue weighted by atomic mass is 31.1. The second-order valence-corrected chi connectivity index (χ2v) is 12.2. The summed E-state index contributed by atoms with van der Waals surface area (Å²) in [5.41, 5.74) is 3.59. The van der Waals surface area contributed by atoms with Gasteiger partial charge in [-0.2, -0.15) is 0 Å². The second-order valence-electron chi connectivity index (χ2n) is 10.1. The third kappa shape index (κ3) is 2.17. The van der Waals surface area contributed by atoms with Gasteiger partial charge in [-0.3, -0.25) is 0 Å². The van der Waals surface area contributed by atoms with E-state index in [-0.39, 0.29) is 12.1 Å². The Labute approximate surface area is 204 Å². The van der Waals surface area contributed by atoms with Crippen molar-refractivity contribution in [3.05, 3.63) is 54.7 Å². The van der Waals surface area contributed by atoms with E-state index in [4.69, 9.17) is 20.2 Å². The fraction of sp³-hybridized carbons (Fsp3) is 0.346. The smallest absolute Gasteiger partial charge is 0.154 e. The van der Waals surface area contributed by atoms with E-state index >= 15 is 0 Å². The lowest BCUT2D eigenvalue weighted by molar-refractivity contribution is 0.113. The number of nitrogens with zero attached hydrogens (tertiary/aromatic N) is 7. The van der Waals surface area contributed by atoms with Crippen LogP contribution in [0, 0.1) is 0 Å². The Bertz CT molecular complexity index is 1440. The van der Waals surface area contributed by atoms with Gasteiger partial charge in [-0.25, -0.2) is 15.0 Å². The van der Waals surface area contributed by atoms with E-state index in [0.29, 0.717) is 12.1 Å². The Kier molecular flexibility index (Phi) is 3.47. The largest absolute Gasteiger partial charge is 0.456 e. The number of fused-ring (bicyclic) bond motifs is 10. The van der Waals surface area contributed by atoms with Crippen molar-refractivity contribution in [3.8, 4) is 11.5 Å². The van der Waals surface area contributed by atoms with Gasteiger partial charge in [-0.15, -0.1) is 0 Å². The van der Waals surface area contributed by atoms with Crippen molar-refractivity contribution in [1.29, 1.82) is 0 Å². The van der Waals surface area contributed by atoms with Gasteiger partial charge in [0.05, 0.1) is 39.8 Å². The van der Waals surface area contributed by atoms with E-state index < -0.39 is 7.92 Å². The molecule has 1 fully saturated rings. The third-order valence-corrected chi connectivity index (χ3v) is 11.3. The van der Waals surface area contributed by atoms with Gasteiger partial charge in [-0.05, 0) is 61.4 Å². The molecule has 1 aliphatic carbocycles. The molecule has 0 amide bonds. The van der Waals surface area contributed by atoms with Crippen LogP contribution in [-0.2, 0) is 0 Å². The molecular weight excluding hydrogens is 457 g/mol. The molecule has 0 N–H and O–H groups in total. The molecule has 1 saturated carbocycles. The molecule has 8 nitrogen and oxygen atoms in total. The first-order valence-electron chi connectivity index (χ1n) is 12.6. The lowest BCUT2D eigenvalue weighted by atomic mass is 9.88. The van der Waals surface area contributed by atoms with E-state index in [9.17, 15) is 0 Å². The first kappa shape index (κ1) is 18.9. The molecule has 35 heavy (non-hydrogen) atoms. The normalized spacial score (nSPS) is 30.1. The van der Waals surface area contributed by atoms with Crippen molar-refractivity contribution in [3.63, 3.8) is 0 Å². The average Bonchev–Trinajstić information content (AvgIpc) is 3.54. The zero-order valence-electron chi connectivity index (χ0n) is 19.3. The second kappa shape index (κ2) is 6.43. The van der Waals surface area contributed by atoms with Crippen LogP contribution in [0.15, 0.2) is 65.2 Å². The van der Waals surface area contributed by atoms with Crippen LogP contribution in [0.2, 0.25) is 0 Å². The summed E-state index contributed by atoms with van der Waals surface area (Å²) >= 11 is 0. The maximum absolute atomic E-state index is 6.59. The van der Waals surface area contributed by atoms with Crippen molar-refractivity contribution in [1.82, 2.24) is 9.99 Å². The molecule has 0 spiro atoms. The molecule has 2 aromatic carbocycles.